The Morgan fingerprint density at radius 3 is 2.38 bits per heavy atom. The van der Waals surface area contributed by atoms with E-state index in [1.165, 1.54) is 0 Å². The fraction of sp³-hybridized carbons (Fsp3) is 0.550. The molecule has 4 rings (SSSR count). The van der Waals surface area contributed by atoms with Crippen LogP contribution in [0, 0.1) is 13.8 Å². The second kappa shape index (κ2) is 9.23. The minimum Gasteiger partial charge on any atom is -0.368 e. The second-order valence-electron chi connectivity index (χ2n) is 7.87. The Morgan fingerprint density at radius 2 is 1.69 bits per heavy atom. The van der Waals surface area contributed by atoms with Gasteiger partial charge in [0.05, 0.1) is 0 Å². The first kappa shape index (κ1) is 22.2. The molecule has 1 aliphatic heterocycles. The maximum absolute atomic E-state index is 13.2. The van der Waals surface area contributed by atoms with Gasteiger partial charge in [-0.3, -0.25) is 4.90 Å². The highest BCUT2D eigenvalue weighted by atomic mass is 19.4. The van der Waals surface area contributed by atoms with Gasteiger partial charge in [-0.25, -0.2) is 9.97 Å². The summed E-state index contributed by atoms with van der Waals surface area (Å²) in [5, 5.41) is 14.2. The summed E-state index contributed by atoms with van der Waals surface area (Å²) in [6, 6.07) is 1.81. The summed E-state index contributed by atoms with van der Waals surface area (Å²) in [4.78, 5) is 13.2. The smallest absolute Gasteiger partial charge is 0.368 e. The number of halogens is 3. The van der Waals surface area contributed by atoms with Gasteiger partial charge in [-0.05, 0) is 44.9 Å². The molecule has 12 heteroatoms. The average Bonchev–Trinajstić information content (AvgIpc) is 3.22. The lowest BCUT2D eigenvalue weighted by Crippen LogP contribution is -2.47. The maximum atomic E-state index is 13.2. The maximum Gasteiger partial charge on any atom is 0.453 e. The van der Waals surface area contributed by atoms with E-state index >= 15 is 0 Å². The molecule has 0 spiro atoms. The van der Waals surface area contributed by atoms with Gasteiger partial charge in [-0.15, -0.1) is 15.3 Å². The molecule has 0 atom stereocenters. The molecule has 172 valence electrons. The summed E-state index contributed by atoms with van der Waals surface area (Å²) in [6.45, 7) is 8.84. The third kappa shape index (κ3) is 4.74. The van der Waals surface area contributed by atoms with Gasteiger partial charge in [0.1, 0.15) is 5.82 Å². The highest BCUT2D eigenvalue weighted by Crippen LogP contribution is 2.29. The summed E-state index contributed by atoms with van der Waals surface area (Å²) in [5.41, 5.74) is 1.53. The zero-order valence-electron chi connectivity index (χ0n) is 18.1. The Bertz CT molecular complexity index is 1040. The molecular weight excluding hydrogens is 423 g/mol. The number of rotatable bonds is 7. The second-order valence-corrected chi connectivity index (χ2v) is 7.87. The number of nitrogens with one attached hydrogen (secondary N) is 1. The van der Waals surface area contributed by atoms with Crippen molar-refractivity contribution in [3.8, 4) is 0 Å². The molecule has 0 bridgehead atoms. The van der Waals surface area contributed by atoms with E-state index in [1.807, 2.05) is 13.0 Å². The quantitative estimate of drug-likeness (QED) is 0.551. The zero-order valence-corrected chi connectivity index (χ0v) is 18.1. The van der Waals surface area contributed by atoms with Crippen molar-refractivity contribution in [3.05, 3.63) is 35.4 Å². The van der Waals surface area contributed by atoms with Crippen molar-refractivity contribution < 1.29 is 13.2 Å². The first-order valence-corrected chi connectivity index (χ1v) is 10.6. The molecule has 0 unspecified atom stereocenters. The van der Waals surface area contributed by atoms with Crippen LogP contribution in [0.4, 0.5) is 24.9 Å². The highest BCUT2D eigenvalue weighted by Gasteiger charge is 2.38. The van der Waals surface area contributed by atoms with Gasteiger partial charge in [0.2, 0.25) is 5.95 Å². The number of alkyl halides is 3. The number of unbranched alkanes of at least 4 members (excludes halogenated alkanes) is 1. The lowest BCUT2D eigenvalue weighted by atomic mass is 10.2. The predicted octanol–water partition coefficient (Wildman–Crippen LogP) is 2.56. The van der Waals surface area contributed by atoms with Gasteiger partial charge in [0, 0.05) is 50.7 Å². The molecule has 4 heterocycles. The number of aryl methyl sites for hydroxylation is 1. The number of piperazine rings is 1. The van der Waals surface area contributed by atoms with Gasteiger partial charge in [0.15, 0.2) is 5.65 Å². The van der Waals surface area contributed by atoms with Crippen molar-refractivity contribution in [2.75, 3.05) is 49.5 Å². The average molecular weight is 449 g/mol. The van der Waals surface area contributed by atoms with Gasteiger partial charge in [0.25, 0.3) is 5.82 Å². The zero-order chi connectivity index (χ0) is 22.7. The predicted molar refractivity (Wildman–Crippen MR) is 114 cm³/mol. The summed E-state index contributed by atoms with van der Waals surface area (Å²) in [5.74, 6) is 0.0868. The van der Waals surface area contributed by atoms with Crippen LogP contribution in [-0.4, -0.2) is 73.9 Å². The molecule has 3 aromatic rings. The number of nitrogens with zero attached hydrogens (tertiary/aromatic N) is 8. The van der Waals surface area contributed by atoms with E-state index in [2.05, 4.69) is 40.4 Å². The van der Waals surface area contributed by atoms with Crippen molar-refractivity contribution in [2.24, 2.45) is 0 Å². The Labute approximate surface area is 183 Å². The molecule has 0 saturated carbocycles. The van der Waals surface area contributed by atoms with E-state index < -0.39 is 12.0 Å². The summed E-state index contributed by atoms with van der Waals surface area (Å²) < 4.78 is 40.3. The van der Waals surface area contributed by atoms with Gasteiger partial charge >= 0.3 is 6.18 Å². The van der Waals surface area contributed by atoms with Crippen LogP contribution in [0.15, 0.2) is 18.5 Å². The first-order valence-electron chi connectivity index (χ1n) is 10.6. The third-order valence-electron chi connectivity index (χ3n) is 5.75. The molecule has 1 saturated heterocycles. The topological polar surface area (TPSA) is 87.4 Å². The Hall–Kier alpha value is -3.02. The van der Waals surface area contributed by atoms with Crippen molar-refractivity contribution in [1.82, 2.24) is 34.7 Å². The Balaban J connectivity index is 1.26. The molecular formula is C20H26F3N9. The molecule has 0 radical (unpaired) electrons. The van der Waals surface area contributed by atoms with Crippen LogP contribution in [0.3, 0.4) is 0 Å². The Morgan fingerprint density at radius 1 is 0.969 bits per heavy atom. The lowest BCUT2D eigenvalue weighted by molar-refractivity contribution is -0.146. The fourth-order valence-electron chi connectivity index (χ4n) is 3.77. The van der Waals surface area contributed by atoms with Crippen LogP contribution in [-0.2, 0) is 6.18 Å². The summed E-state index contributed by atoms with van der Waals surface area (Å²) >= 11 is 0. The normalized spacial score (nSPS) is 15.5. The van der Waals surface area contributed by atoms with Crippen molar-refractivity contribution in [2.45, 2.75) is 32.9 Å². The van der Waals surface area contributed by atoms with E-state index in [-0.39, 0.29) is 5.65 Å². The molecule has 3 aromatic heterocycles. The molecule has 32 heavy (non-hydrogen) atoms. The van der Waals surface area contributed by atoms with Crippen LogP contribution in [0.2, 0.25) is 0 Å². The largest absolute Gasteiger partial charge is 0.453 e. The van der Waals surface area contributed by atoms with Gasteiger partial charge in [-0.2, -0.15) is 17.7 Å². The van der Waals surface area contributed by atoms with E-state index in [1.54, 1.807) is 19.3 Å². The van der Waals surface area contributed by atoms with Gasteiger partial charge in [-0.1, -0.05) is 0 Å². The Kier molecular flexibility index (Phi) is 6.40. The van der Waals surface area contributed by atoms with E-state index in [0.717, 1.165) is 61.6 Å². The van der Waals surface area contributed by atoms with Crippen LogP contribution in [0.25, 0.3) is 5.65 Å². The molecule has 1 aliphatic rings. The highest BCUT2D eigenvalue weighted by molar-refractivity contribution is 5.58. The number of hydrogen-bond acceptors (Lipinski definition) is 8. The molecule has 1 N–H and O–H groups in total. The standard InChI is InChI=1S/C20H26F3N9/c1-14-15(2)17-27-28-18(20(21,22)23)32(17)29-16(14)24-6-3-4-9-30-10-12-31(13-11-30)19-25-7-5-8-26-19/h5,7-8H,3-4,6,9-13H2,1-2H3,(H,24,29). The molecule has 0 amide bonds. The molecule has 9 nitrogen and oxygen atoms in total. The van der Waals surface area contributed by atoms with Crippen molar-refractivity contribution in [1.29, 1.82) is 0 Å². The number of aromatic nitrogens is 6. The summed E-state index contributed by atoms with van der Waals surface area (Å²) in [6.07, 6.45) is 0.766. The molecule has 0 aromatic carbocycles. The van der Waals surface area contributed by atoms with Crippen LogP contribution < -0.4 is 10.2 Å². The van der Waals surface area contributed by atoms with Gasteiger partial charge < -0.3 is 10.2 Å². The monoisotopic (exact) mass is 449 g/mol. The first-order chi connectivity index (χ1) is 15.3. The summed E-state index contributed by atoms with van der Waals surface area (Å²) in [7, 11) is 0. The lowest BCUT2D eigenvalue weighted by Gasteiger charge is -2.34. The SMILES string of the molecule is Cc1c(NCCCCN2CCN(c3ncccn3)CC2)nn2c(C(F)(F)F)nnc2c1C. The number of hydrogen-bond donors (Lipinski definition) is 1. The van der Waals surface area contributed by atoms with Crippen LogP contribution in [0.1, 0.15) is 29.8 Å². The fourth-order valence-corrected chi connectivity index (χ4v) is 3.77. The van der Waals surface area contributed by atoms with Crippen molar-refractivity contribution >= 4 is 17.4 Å². The van der Waals surface area contributed by atoms with Crippen LogP contribution in [0.5, 0.6) is 0 Å². The minimum absolute atomic E-state index is 0.125. The van der Waals surface area contributed by atoms with E-state index in [0.29, 0.717) is 17.9 Å². The minimum atomic E-state index is -4.61. The van der Waals surface area contributed by atoms with Crippen LogP contribution >= 0.6 is 0 Å². The third-order valence-corrected chi connectivity index (χ3v) is 5.75. The van der Waals surface area contributed by atoms with E-state index in [9.17, 15) is 13.2 Å². The van der Waals surface area contributed by atoms with E-state index in [4.69, 9.17) is 0 Å². The van der Waals surface area contributed by atoms with Crippen molar-refractivity contribution in [3.63, 3.8) is 0 Å². The number of fused-ring (bicyclic) bond motifs is 1. The number of anilines is 2. The molecule has 0 aliphatic carbocycles. The molecule has 1 fully saturated rings.